The standard InChI is InChI=1S/C22H27BN2O4.2C21H25BN2O4/c1-14(26)20-6-4-5-16-10-19(23(28)29-22(16)20)11-21(27)15-7-8-17(12-24-2)18(9-15)13-25-3;1-13(25)18-6-4-5-15-9-17(22(27)28-21(15)18)11-20(26)14-7-8-16(12-24(2)3)19(23)10-14;1-13(25)20-4-2-3-15-9-18(22(27)28-21(15)20)10-19(26)8-14-5-6-16(11-23)17(7-14)12-24/h4-9,19,24-25,28H,10-13H2,1-3H3;4-8,10,17,27H,9,11-12,23H2,1-3H3;2-7,18,27H,8-12,23-24H2,1H3/t19-;17-;18-/m111/s1. The SMILES string of the molecule is CC(=O)c1cccc2c1OB(O)[C@@H](CC(=O)Cc1ccc(CN)c(CN)c1)C2.CC(=O)c1cccc2c1OB(O)[C@@H](CC(=O)c1ccc(CN(C)C)c(N)c1)C2.CNCc1ccc(C(=O)C[C@H]2Cc3cccc(C(C)=O)c3OB2O)cc1CNC. The van der Waals surface area contributed by atoms with Gasteiger partial charge in [-0.05, 0) is 149 Å². The molecule has 3 atom stereocenters. The van der Waals surface area contributed by atoms with Crippen molar-refractivity contribution in [2.24, 2.45) is 11.5 Å². The van der Waals surface area contributed by atoms with Crippen molar-refractivity contribution in [1.29, 1.82) is 0 Å². The Morgan fingerprint density at radius 3 is 1.35 bits per heavy atom. The smallest absolute Gasteiger partial charge is 0.526 e. The molecule has 18 nitrogen and oxygen atoms in total. The fraction of sp³-hybridized carbons (Fsp3) is 0.344. The fourth-order valence-corrected chi connectivity index (χ4v) is 11.1. The summed E-state index contributed by atoms with van der Waals surface area (Å²) in [4.78, 5) is 75.6. The van der Waals surface area contributed by atoms with Gasteiger partial charge in [-0.1, -0.05) is 78.9 Å². The Morgan fingerprint density at radius 1 is 0.529 bits per heavy atom. The quantitative estimate of drug-likeness (QED) is 0.0209. The maximum atomic E-state index is 12.9. The number of carbonyl (C=O) groups excluding carboxylic acids is 6. The molecule has 0 saturated heterocycles. The molecule has 0 saturated carbocycles. The minimum Gasteiger partial charge on any atom is -0.535 e. The number of hydrogen-bond donors (Lipinski definition) is 8. The fourth-order valence-electron chi connectivity index (χ4n) is 11.1. The van der Waals surface area contributed by atoms with Crippen molar-refractivity contribution >= 4 is 61.7 Å². The number of Topliss-reactive ketones (excluding diaryl/α,β-unsaturated/α-hetero) is 6. The van der Waals surface area contributed by atoms with E-state index in [9.17, 15) is 43.8 Å². The zero-order valence-corrected chi connectivity index (χ0v) is 49.5. The molecular weight excluding hydrogens is 1080 g/mol. The Balaban J connectivity index is 0.000000183. The summed E-state index contributed by atoms with van der Waals surface area (Å²) in [5.74, 6) is -0.263. The molecule has 444 valence electrons. The lowest BCUT2D eigenvalue weighted by molar-refractivity contribution is -0.118. The zero-order valence-electron chi connectivity index (χ0n) is 49.5. The number of nitrogen functional groups attached to an aromatic ring is 1. The molecule has 9 rings (SSSR count). The van der Waals surface area contributed by atoms with Gasteiger partial charge < -0.3 is 61.8 Å². The van der Waals surface area contributed by atoms with Gasteiger partial charge in [0.05, 0.1) is 16.7 Å². The third-order valence-electron chi connectivity index (χ3n) is 15.5. The maximum Gasteiger partial charge on any atom is 0.526 e. The van der Waals surface area contributed by atoms with E-state index in [0.717, 1.165) is 56.6 Å². The van der Waals surface area contributed by atoms with Crippen LogP contribution < -0.4 is 41.8 Å². The minimum absolute atomic E-state index is 0.0160. The molecule has 85 heavy (non-hydrogen) atoms. The molecule has 0 bridgehead atoms. The van der Waals surface area contributed by atoms with E-state index in [4.69, 9.17) is 31.2 Å². The predicted molar refractivity (Wildman–Crippen MR) is 331 cm³/mol. The van der Waals surface area contributed by atoms with E-state index in [1.54, 1.807) is 48.5 Å². The molecule has 6 aromatic rings. The van der Waals surface area contributed by atoms with Gasteiger partial charge in [0.2, 0.25) is 0 Å². The van der Waals surface area contributed by atoms with E-state index in [0.29, 0.717) is 96.2 Å². The second kappa shape index (κ2) is 30.0. The Labute approximate surface area is 498 Å². The van der Waals surface area contributed by atoms with Crippen molar-refractivity contribution in [2.75, 3.05) is 33.9 Å². The largest absolute Gasteiger partial charge is 0.535 e. The van der Waals surface area contributed by atoms with Crippen molar-refractivity contribution in [2.45, 2.75) is 116 Å². The van der Waals surface area contributed by atoms with Gasteiger partial charge in [0.15, 0.2) is 28.9 Å². The summed E-state index contributed by atoms with van der Waals surface area (Å²) in [5.41, 5.74) is 29.2. The maximum absolute atomic E-state index is 12.9. The molecule has 0 amide bonds. The van der Waals surface area contributed by atoms with Crippen molar-refractivity contribution in [3.63, 3.8) is 0 Å². The van der Waals surface area contributed by atoms with Gasteiger partial charge >= 0.3 is 21.4 Å². The summed E-state index contributed by atoms with van der Waals surface area (Å²) in [6.45, 7) is 7.29. The van der Waals surface area contributed by atoms with E-state index in [-0.39, 0.29) is 77.8 Å². The lowest BCUT2D eigenvalue weighted by atomic mass is 9.64. The molecule has 0 aliphatic carbocycles. The van der Waals surface area contributed by atoms with Crippen molar-refractivity contribution < 1.29 is 57.8 Å². The van der Waals surface area contributed by atoms with Crippen LogP contribution in [0, 0.1) is 0 Å². The number of para-hydroxylation sites is 3. The second-order valence-corrected chi connectivity index (χ2v) is 22.3. The molecule has 0 radical (unpaired) electrons. The zero-order chi connectivity index (χ0) is 61.6. The molecule has 6 aromatic carbocycles. The van der Waals surface area contributed by atoms with E-state index in [2.05, 4.69) is 10.6 Å². The number of rotatable bonds is 21. The van der Waals surface area contributed by atoms with Crippen molar-refractivity contribution in [1.82, 2.24) is 15.5 Å². The van der Waals surface area contributed by atoms with Gasteiger partial charge in [-0.2, -0.15) is 0 Å². The number of carbonyl (C=O) groups is 6. The average molecular weight is 1150 g/mol. The third-order valence-corrected chi connectivity index (χ3v) is 15.5. The molecule has 0 spiro atoms. The average Bonchev–Trinajstić information content (AvgIpc) is 3.18. The summed E-state index contributed by atoms with van der Waals surface area (Å²) in [6.07, 6.45) is 2.22. The number of hydrogen-bond acceptors (Lipinski definition) is 18. The highest BCUT2D eigenvalue weighted by atomic mass is 16.5. The molecule has 3 aliphatic heterocycles. The summed E-state index contributed by atoms with van der Waals surface area (Å²) >= 11 is 0. The van der Waals surface area contributed by atoms with E-state index in [1.807, 2.05) is 93.8 Å². The van der Waals surface area contributed by atoms with Gasteiger partial charge in [0.1, 0.15) is 23.0 Å². The Morgan fingerprint density at radius 2 is 0.941 bits per heavy atom. The highest BCUT2D eigenvalue weighted by Gasteiger charge is 2.40. The van der Waals surface area contributed by atoms with Gasteiger partial charge in [0.25, 0.3) is 0 Å². The number of nitrogens with two attached hydrogens (primary N) is 3. The third kappa shape index (κ3) is 16.7. The van der Waals surface area contributed by atoms with Crippen LogP contribution in [-0.4, -0.2) is 104 Å². The molecule has 11 N–H and O–H groups in total. The van der Waals surface area contributed by atoms with E-state index >= 15 is 0 Å². The molecule has 0 fully saturated rings. The van der Waals surface area contributed by atoms with Crippen LogP contribution in [0.5, 0.6) is 17.2 Å². The molecule has 0 unspecified atom stereocenters. The van der Waals surface area contributed by atoms with Crippen LogP contribution in [0.4, 0.5) is 5.69 Å². The Hall–Kier alpha value is -7.59. The van der Waals surface area contributed by atoms with Crippen molar-refractivity contribution in [3.8, 4) is 17.2 Å². The van der Waals surface area contributed by atoms with Crippen LogP contribution >= 0.6 is 0 Å². The topological polar surface area (TPSA) is 296 Å². The molecule has 3 aliphatic rings. The first-order valence-electron chi connectivity index (χ1n) is 28.6. The number of benzene rings is 6. The first-order valence-corrected chi connectivity index (χ1v) is 28.6. The predicted octanol–water partition coefficient (Wildman–Crippen LogP) is 6.77. The van der Waals surface area contributed by atoms with Crippen LogP contribution in [-0.2, 0) is 63.2 Å². The first kappa shape index (κ1) is 65.0. The summed E-state index contributed by atoms with van der Waals surface area (Å²) in [5, 5.41) is 37.5. The first-order chi connectivity index (χ1) is 40.6. The van der Waals surface area contributed by atoms with E-state index in [1.165, 1.54) is 20.8 Å². The van der Waals surface area contributed by atoms with E-state index < -0.39 is 21.4 Å². The van der Waals surface area contributed by atoms with Crippen LogP contribution in [0.15, 0.2) is 109 Å². The van der Waals surface area contributed by atoms with Crippen LogP contribution in [0.3, 0.4) is 0 Å². The molecule has 21 heteroatoms. The van der Waals surface area contributed by atoms with Gasteiger partial charge in [-0.25, -0.2) is 0 Å². The highest BCUT2D eigenvalue weighted by Crippen LogP contribution is 2.40. The summed E-state index contributed by atoms with van der Waals surface area (Å²) in [7, 11) is 4.31. The van der Waals surface area contributed by atoms with Gasteiger partial charge in [-0.15, -0.1) is 0 Å². The number of ketones is 6. The van der Waals surface area contributed by atoms with Crippen LogP contribution in [0.25, 0.3) is 0 Å². The van der Waals surface area contributed by atoms with Crippen molar-refractivity contribution in [3.05, 3.63) is 187 Å². The minimum atomic E-state index is -1.14. The van der Waals surface area contributed by atoms with Crippen LogP contribution in [0.2, 0.25) is 17.5 Å². The summed E-state index contributed by atoms with van der Waals surface area (Å²) in [6, 6.07) is 32.8. The normalized spacial score (nSPS) is 15.7. The van der Waals surface area contributed by atoms with Gasteiger partial charge in [0, 0.05) is 92.7 Å². The Bertz CT molecular complexity index is 3430. The number of anilines is 1. The monoisotopic (exact) mass is 1150 g/mol. The lowest BCUT2D eigenvalue weighted by Crippen LogP contribution is -2.36. The number of nitrogens with zero attached hydrogens (tertiary/aromatic N) is 1. The Kier molecular flexibility index (Phi) is 22.9. The second-order valence-electron chi connectivity index (χ2n) is 22.3. The lowest BCUT2D eigenvalue weighted by Gasteiger charge is -2.28. The molecular formula is C64H77B3N6O12. The number of nitrogens with one attached hydrogen (secondary N) is 2. The number of fused-ring (bicyclic) bond motifs is 3. The molecule has 0 aromatic heterocycles. The highest BCUT2D eigenvalue weighted by molar-refractivity contribution is 6.48. The van der Waals surface area contributed by atoms with Crippen LogP contribution in [0.1, 0.15) is 142 Å². The summed E-state index contributed by atoms with van der Waals surface area (Å²) < 4.78 is 16.9. The van der Waals surface area contributed by atoms with Gasteiger partial charge in [-0.3, -0.25) is 28.8 Å². The molecule has 3 heterocycles.